The van der Waals surface area contributed by atoms with Crippen molar-refractivity contribution >= 4 is 47.9 Å². The molecule has 0 saturated carbocycles. The van der Waals surface area contributed by atoms with Gasteiger partial charge in [-0.15, -0.1) is 0 Å². The summed E-state index contributed by atoms with van der Waals surface area (Å²) in [6.45, 7) is -0.205. The molecule has 94 valence electrons. The van der Waals surface area contributed by atoms with Crippen molar-refractivity contribution in [3.8, 4) is 0 Å². The molecule has 0 aliphatic rings. The maximum atomic E-state index is 11.8. The van der Waals surface area contributed by atoms with E-state index in [1.807, 2.05) is 0 Å². The van der Waals surface area contributed by atoms with Crippen LogP contribution in [0.4, 0.5) is 0 Å². The third-order valence-corrected chi connectivity index (χ3v) is 4.75. The summed E-state index contributed by atoms with van der Waals surface area (Å²) in [5, 5.41) is 10.2. The van der Waals surface area contributed by atoms with Gasteiger partial charge in [-0.3, -0.25) is 0 Å². The van der Waals surface area contributed by atoms with Gasteiger partial charge in [-0.25, -0.2) is 13.1 Å². The zero-order chi connectivity index (χ0) is 13.1. The van der Waals surface area contributed by atoms with Crippen molar-refractivity contribution in [2.24, 2.45) is 0 Å². The Balaban J connectivity index is 2.89. The molecule has 17 heavy (non-hydrogen) atoms. The molecule has 0 aliphatic carbocycles. The number of hydrogen-bond acceptors (Lipinski definition) is 4. The van der Waals surface area contributed by atoms with E-state index < -0.39 is 16.0 Å². The van der Waals surface area contributed by atoms with Gasteiger partial charge in [0.2, 0.25) is 10.0 Å². The van der Waals surface area contributed by atoms with Crippen LogP contribution in [-0.4, -0.2) is 20.9 Å². The SMILES string of the molecule is O=C([O-])CCNS(=O)(=O)c1cc(Br)ccc1Br. The maximum Gasteiger partial charge on any atom is 0.241 e. The topological polar surface area (TPSA) is 86.3 Å². The van der Waals surface area contributed by atoms with E-state index >= 15 is 0 Å². The highest BCUT2D eigenvalue weighted by Gasteiger charge is 2.17. The third-order valence-electron chi connectivity index (χ3n) is 1.80. The molecule has 0 atom stereocenters. The lowest BCUT2D eigenvalue weighted by Crippen LogP contribution is -2.31. The summed E-state index contributed by atoms with van der Waals surface area (Å²) in [4.78, 5) is 10.2. The van der Waals surface area contributed by atoms with Gasteiger partial charge in [0.05, 0.1) is 4.90 Å². The first-order chi connectivity index (χ1) is 7.83. The van der Waals surface area contributed by atoms with Crippen molar-refractivity contribution in [2.45, 2.75) is 11.3 Å². The second-order valence-electron chi connectivity index (χ2n) is 3.09. The molecule has 0 amide bonds. The Morgan fingerprint density at radius 3 is 2.59 bits per heavy atom. The van der Waals surface area contributed by atoms with Crippen LogP contribution in [0.15, 0.2) is 32.0 Å². The van der Waals surface area contributed by atoms with Crippen molar-refractivity contribution in [1.29, 1.82) is 0 Å². The number of sulfonamides is 1. The Hall–Kier alpha value is -0.440. The molecular weight excluding hydrogens is 378 g/mol. The molecule has 0 saturated heterocycles. The molecule has 0 heterocycles. The average Bonchev–Trinajstić information content (AvgIpc) is 2.20. The molecule has 0 aromatic heterocycles. The predicted octanol–water partition coefficient (Wildman–Crippen LogP) is 0.630. The van der Waals surface area contributed by atoms with E-state index in [2.05, 4.69) is 36.6 Å². The van der Waals surface area contributed by atoms with E-state index in [9.17, 15) is 18.3 Å². The number of benzene rings is 1. The number of aliphatic carboxylic acids is 1. The Morgan fingerprint density at radius 2 is 2.00 bits per heavy atom. The van der Waals surface area contributed by atoms with Crippen molar-refractivity contribution in [2.75, 3.05) is 6.54 Å². The number of carboxylic acid groups (broad SMARTS) is 1. The Kier molecular flexibility index (Phi) is 5.11. The smallest absolute Gasteiger partial charge is 0.241 e. The summed E-state index contributed by atoms with van der Waals surface area (Å²) in [6, 6.07) is 4.69. The summed E-state index contributed by atoms with van der Waals surface area (Å²) < 4.78 is 26.8. The van der Waals surface area contributed by atoms with E-state index in [0.717, 1.165) is 0 Å². The highest BCUT2D eigenvalue weighted by Crippen LogP contribution is 2.25. The maximum absolute atomic E-state index is 11.8. The first-order valence-electron chi connectivity index (χ1n) is 4.47. The molecule has 0 aliphatic heterocycles. The van der Waals surface area contributed by atoms with E-state index in [-0.39, 0.29) is 17.9 Å². The van der Waals surface area contributed by atoms with Crippen LogP contribution in [0, 0.1) is 0 Å². The average molecular weight is 386 g/mol. The van der Waals surface area contributed by atoms with Crippen LogP contribution in [-0.2, 0) is 14.8 Å². The molecule has 1 rings (SSSR count). The Bertz CT molecular complexity index is 530. The summed E-state index contributed by atoms with van der Waals surface area (Å²) in [5.41, 5.74) is 0. The number of carbonyl (C=O) groups is 1. The van der Waals surface area contributed by atoms with Crippen LogP contribution in [0.1, 0.15) is 6.42 Å². The monoisotopic (exact) mass is 384 g/mol. The van der Waals surface area contributed by atoms with Gasteiger partial charge in [-0.2, -0.15) is 0 Å². The summed E-state index contributed by atoms with van der Waals surface area (Å²) in [7, 11) is -3.73. The highest BCUT2D eigenvalue weighted by atomic mass is 79.9. The minimum atomic E-state index is -3.73. The first-order valence-corrected chi connectivity index (χ1v) is 7.54. The minimum Gasteiger partial charge on any atom is -0.550 e. The van der Waals surface area contributed by atoms with Crippen LogP contribution in [0.25, 0.3) is 0 Å². The van der Waals surface area contributed by atoms with Crippen molar-refractivity contribution in [3.63, 3.8) is 0 Å². The van der Waals surface area contributed by atoms with Gasteiger partial charge in [-0.1, -0.05) is 15.9 Å². The second-order valence-corrected chi connectivity index (χ2v) is 6.60. The molecule has 0 unspecified atom stereocenters. The molecule has 8 heteroatoms. The standard InChI is InChI=1S/C9H9Br2NO4S/c10-6-1-2-7(11)8(5-6)17(15,16)12-4-3-9(13)14/h1-2,5,12H,3-4H2,(H,13,14)/p-1. The van der Waals surface area contributed by atoms with Gasteiger partial charge < -0.3 is 9.90 Å². The molecule has 0 spiro atoms. The van der Waals surface area contributed by atoms with E-state index in [1.54, 1.807) is 12.1 Å². The van der Waals surface area contributed by atoms with Crippen LogP contribution in [0.5, 0.6) is 0 Å². The summed E-state index contributed by atoms with van der Waals surface area (Å²) >= 11 is 6.28. The molecule has 5 nitrogen and oxygen atoms in total. The zero-order valence-electron chi connectivity index (χ0n) is 8.44. The molecule has 0 radical (unpaired) electrons. The zero-order valence-corrected chi connectivity index (χ0v) is 12.4. The minimum absolute atomic E-state index is 0.0465. The van der Waals surface area contributed by atoms with Gasteiger partial charge in [0.25, 0.3) is 0 Å². The summed E-state index contributed by atoms with van der Waals surface area (Å²) in [5.74, 6) is -1.30. The molecule has 0 fully saturated rings. The van der Waals surface area contributed by atoms with Crippen LogP contribution >= 0.6 is 31.9 Å². The number of nitrogens with one attached hydrogen (secondary N) is 1. The van der Waals surface area contributed by atoms with Crippen molar-refractivity contribution in [3.05, 3.63) is 27.1 Å². The van der Waals surface area contributed by atoms with Crippen LogP contribution < -0.4 is 9.83 Å². The largest absolute Gasteiger partial charge is 0.550 e. The van der Waals surface area contributed by atoms with Crippen molar-refractivity contribution < 1.29 is 18.3 Å². The van der Waals surface area contributed by atoms with Crippen LogP contribution in [0.3, 0.4) is 0 Å². The van der Waals surface area contributed by atoms with Gasteiger partial charge in [0, 0.05) is 27.9 Å². The molecular formula is C9H8Br2NO4S-. The van der Waals surface area contributed by atoms with Gasteiger partial charge in [-0.05, 0) is 34.1 Å². The predicted molar refractivity (Wildman–Crippen MR) is 66.7 cm³/mol. The van der Waals surface area contributed by atoms with E-state index in [4.69, 9.17) is 0 Å². The Morgan fingerprint density at radius 1 is 1.35 bits per heavy atom. The normalized spacial score (nSPS) is 11.4. The van der Waals surface area contributed by atoms with Gasteiger partial charge in [0.1, 0.15) is 0 Å². The van der Waals surface area contributed by atoms with Gasteiger partial charge >= 0.3 is 0 Å². The highest BCUT2D eigenvalue weighted by molar-refractivity contribution is 9.11. The van der Waals surface area contributed by atoms with E-state index in [1.165, 1.54) is 6.07 Å². The van der Waals surface area contributed by atoms with Gasteiger partial charge in [0.15, 0.2) is 0 Å². The Labute approximate surface area is 116 Å². The molecule has 1 aromatic carbocycles. The second kappa shape index (κ2) is 5.94. The number of halogens is 2. The van der Waals surface area contributed by atoms with Crippen LogP contribution in [0.2, 0.25) is 0 Å². The number of rotatable bonds is 5. The third kappa shape index (κ3) is 4.38. The number of hydrogen-bond donors (Lipinski definition) is 1. The lowest BCUT2D eigenvalue weighted by molar-refractivity contribution is -0.305. The van der Waals surface area contributed by atoms with E-state index in [0.29, 0.717) is 8.95 Å². The molecule has 1 N–H and O–H groups in total. The lowest BCUT2D eigenvalue weighted by atomic mass is 10.4. The summed E-state index contributed by atoms with van der Waals surface area (Å²) in [6.07, 6.45) is -0.370. The number of carboxylic acids is 1. The quantitative estimate of drug-likeness (QED) is 0.805. The lowest BCUT2D eigenvalue weighted by Gasteiger charge is -2.09. The first kappa shape index (κ1) is 14.6. The number of carbonyl (C=O) groups excluding carboxylic acids is 1. The fourth-order valence-corrected chi connectivity index (χ4v) is 3.58. The fourth-order valence-electron chi connectivity index (χ4n) is 1.05. The molecule has 0 bridgehead atoms. The van der Waals surface area contributed by atoms with Crippen molar-refractivity contribution in [1.82, 2.24) is 4.72 Å². The fraction of sp³-hybridized carbons (Fsp3) is 0.222. The molecule has 1 aromatic rings.